The molecule has 0 N–H and O–H groups in total. The van der Waals surface area contributed by atoms with E-state index in [1.165, 1.54) is 89.0 Å². The zero-order chi connectivity index (χ0) is 26.6. The van der Waals surface area contributed by atoms with E-state index in [-0.39, 0.29) is 12.1 Å². The lowest BCUT2D eigenvalue weighted by molar-refractivity contribution is 0.0288. The number of ether oxygens (including phenoxy) is 2. The van der Waals surface area contributed by atoms with Crippen LogP contribution in [0.4, 0.5) is 0 Å². The topological polar surface area (TPSA) is 35.5 Å². The molecule has 0 aliphatic heterocycles. The van der Waals surface area contributed by atoms with Crippen molar-refractivity contribution in [2.45, 2.75) is 130 Å². The van der Waals surface area contributed by atoms with E-state index in [0.717, 1.165) is 37.2 Å². The van der Waals surface area contributed by atoms with Crippen molar-refractivity contribution in [1.29, 1.82) is 0 Å². The normalized spacial score (nSPS) is 11.9. The molecule has 0 fully saturated rings. The van der Waals surface area contributed by atoms with Gasteiger partial charge in [-0.15, -0.1) is 0 Å². The second-order valence-corrected chi connectivity index (χ2v) is 10.4. The Morgan fingerprint density at radius 2 is 1.19 bits per heavy atom. The molecule has 3 heteroatoms. The first-order valence-electron chi connectivity index (χ1n) is 15.2. The fraction of sp³-hybridized carbons (Fsp3) is 0.618. The smallest absolute Gasteiger partial charge is 0.338 e. The molecule has 0 heterocycles. The van der Waals surface area contributed by atoms with Crippen LogP contribution in [0.15, 0.2) is 48.5 Å². The predicted octanol–water partition coefficient (Wildman–Crippen LogP) is 10.4. The second kappa shape index (κ2) is 19.8. The highest BCUT2D eigenvalue weighted by atomic mass is 16.5. The Labute approximate surface area is 227 Å². The quantitative estimate of drug-likeness (QED) is 0.124. The van der Waals surface area contributed by atoms with Gasteiger partial charge in [-0.3, -0.25) is 0 Å². The fourth-order valence-corrected chi connectivity index (χ4v) is 4.71. The summed E-state index contributed by atoms with van der Waals surface area (Å²) in [6.07, 6.45) is 19.9. The third kappa shape index (κ3) is 13.2. The lowest BCUT2D eigenvalue weighted by atomic mass is 10.0. The number of benzene rings is 2. The number of aryl methyl sites for hydroxylation is 1. The molecular weight excluding hydrogens is 456 g/mol. The highest BCUT2D eigenvalue weighted by molar-refractivity contribution is 5.89. The molecule has 1 atom stereocenters. The van der Waals surface area contributed by atoms with Gasteiger partial charge in [0.1, 0.15) is 11.9 Å². The number of unbranched alkanes of at least 4 members (excludes halogenated alkanes) is 12. The maximum absolute atomic E-state index is 12.8. The molecule has 0 radical (unpaired) electrons. The van der Waals surface area contributed by atoms with Gasteiger partial charge in [-0.1, -0.05) is 122 Å². The van der Waals surface area contributed by atoms with Crippen molar-refractivity contribution in [2.75, 3.05) is 6.61 Å². The Hall–Kier alpha value is -2.29. The Bertz CT molecular complexity index is 825. The van der Waals surface area contributed by atoms with E-state index in [9.17, 15) is 4.79 Å². The first kappa shape index (κ1) is 30.9. The molecule has 0 saturated heterocycles. The van der Waals surface area contributed by atoms with Gasteiger partial charge in [0.2, 0.25) is 0 Å². The standard InChI is InChI=1S/C34H52O3/c1-4-7-9-11-12-13-14-15-16-17-19-29-20-22-31(23-21-29)34(35)37-33(6-3)30-24-26-32(27-25-30)36-28-18-10-8-5-2/h20-27,33H,4-19,28H2,1-3H3. The maximum Gasteiger partial charge on any atom is 0.338 e. The van der Waals surface area contributed by atoms with E-state index in [4.69, 9.17) is 9.47 Å². The third-order valence-corrected chi connectivity index (χ3v) is 7.15. The number of hydrogen-bond donors (Lipinski definition) is 0. The minimum Gasteiger partial charge on any atom is -0.494 e. The molecule has 2 aromatic rings. The average Bonchev–Trinajstić information content (AvgIpc) is 2.93. The molecule has 206 valence electrons. The summed E-state index contributed by atoms with van der Waals surface area (Å²) >= 11 is 0. The molecule has 2 aromatic carbocycles. The number of esters is 1. The van der Waals surface area contributed by atoms with E-state index < -0.39 is 0 Å². The van der Waals surface area contributed by atoms with Crippen molar-refractivity contribution in [2.24, 2.45) is 0 Å². The van der Waals surface area contributed by atoms with Crippen LogP contribution in [0.1, 0.15) is 145 Å². The highest BCUT2D eigenvalue weighted by Gasteiger charge is 2.16. The summed E-state index contributed by atoms with van der Waals surface area (Å²) in [4.78, 5) is 12.8. The van der Waals surface area contributed by atoms with E-state index in [1.54, 1.807) is 0 Å². The Kier molecular flexibility index (Phi) is 16.5. The van der Waals surface area contributed by atoms with E-state index in [1.807, 2.05) is 43.3 Å². The minimum atomic E-state index is -0.256. The molecule has 2 rings (SSSR count). The van der Waals surface area contributed by atoms with Gasteiger partial charge in [-0.05, 0) is 61.1 Å². The number of carbonyl (C=O) groups excluding carboxylic acids is 1. The van der Waals surface area contributed by atoms with Crippen LogP contribution >= 0.6 is 0 Å². The van der Waals surface area contributed by atoms with Gasteiger partial charge < -0.3 is 9.47 Å². The first-order valence-corrected chi connectivity index (χ1v) is 15.2. The Morgan fingerprint density at radius 3 is 1.76 bits per heavy atom. The lowest BCUT2D eigenvalue weighted by Gasteiger charge is -2.17. The summed E-state index contributed by atoms with van der Waals surface area (Å²) in [7, 11) is 0. The SMILES string of the molecule is CCCCCCCCCCCCc1ccc(C(=O)OC(CC)c2ccc(OCCCCCC)cc2)cc1. The molecule has 1 unspecified atom stereocenters. The van der Waals surface area contributed by atoms with Crippen LogP contribution in [-0.4, -0.2) is 12.6 Å². The molecule has 0 aliphatic carbocycles. The zero-order valence-corrected chi connectivity index (χ0v) is 23.9. The van der Waals surface area contributed by atoms with E-state index in [0.29, 0.717) is 5.56 Å². The molecule has 37 heavy (non-hydrogen) atoms. The molecule has 0 saturated carbocycles. The van der Waals surface area contributed by atoms with Crippen LogP contribution in [0.5, 0.6) is 5.75 Å². The highest BCUT2D eigenvalue weighted by Crippen LogP contribution is 2.25. The maximum atomic E-state index is 12.8. The van der Waals surface area contributed by atoms with Crippen molar-refractivity contribution in [3.05, 3.63) is 65.2 Å². The van der Waals surface area contributed by atoms with Crippen LogP contribution in [0.25, 0.3) is 0 Å². The van der Waals surface area contributed by atoms with Crippen LogP contribution < -0.4 is 4.74 Å². The number of carbonyl (C=O) groups is 1. The Balaban J connectivity index is 1.69. The largest absolute Gasteiger partial charge is 0.494 e. The predicted molar refractivity (Wildman–Crippen MR) is 157 cm³/mol. The molecule has 0 aliphatic rings. The van der Waals surface area contributed by atoms with Crippen LogP contribution in [-0.2, 0) is 11.2 Å². The van der Waals surface area contributed by atoms with Crippen molar-refractivity contribution < 1.29 is 14.3 Å². The van der Waals surface area contributed by atoms with E-state index >= 15 is 0 Å². The fourth-order valence-electron chi connectivity index (χ4n) is 4.71. The lowest BCUT2D eigenvalue weighted by Crippen LogP contribution is -2.11. The summed E-state index contributed by atoms with van der Waals surface area (Å²) in [5.41, 5.74) is 2.93. The molecule has 3 nitrogen and oxygen atoms in total. The monoisotopic (exact) mass is 508 g/mol. The average molecular weight is 509 g/mol. The molecular formula is C34H52O3. The first-order chi connectivity index (χ1) is 18.2. The van der Waals surface area contributed by atoms with Gasteiger partial charge in [0, 0.05) is 0 Å². The van der Waals surface area contributed by atoms with Crippen molar-refractivity contribution >= 4 is 5.97 Å². The van der Waals surface area contributed by atoms with Gasteiger partial charge in [-0.2, -0.15) is 0 Å². The third-order valence-electron chi connectivity index (χ3n) is 7.15. The van der Waals surface area contributed by atoms with Crippen molar-refractivity contribution in [1.82, 2.24) is 0 Å². The van der Waals surface area contributed by atoms with Crippen LogP contribution in [0.3, 0.4) is 0 Å². The van der Waals surface area contributed by atoms with Crippen molar-refractivity contribution in [3.8, 4) is 5.75 Å². The molecule has 0 spiro atoms. The minimum absolute atomic E-state index is 0.252. The van der Waals surface area contributed by atoms with Gasteiger partial charge in [0.15, 0.2) is 0 Å². The molecule has 0 aromatic heterocycles. The Morgan fingerprint density at radius 1 is 0.649 bits per heavy atom. The summed E-state index contributed by atoms with van der Waals surface area (Å²) in [6, 6.07) is 16.0. The summed E-state index contributed by atoms with van der Waals surface area (Å²) in [6.45, 7) is 7.28. The van der Waals surface area contributed by atoms with Gasteiger partial charge in [-0.25, -0.2) is 4.79 Å². The summed E-state index contributed by atoms with van der Waals surface area (Å²) in [5, 5.41) is 0. The number of rotatable bonds is 21. The summed E-state index contributed by atoms with van der Waals surface area (Å²) < 4.78 is 11.7. The second-order valence-electron chi connectivity index (χ2n) is 10.4. The van der Waals surface area contributed by atoms with Gasteiger partial charge in [0.25, 0.3) is 0 Å². The molecule has 0 amide bonds. The van der Waals surface area contributed by atoms with Crippen molar-refractivity contribution in [3.63, 3.8) is 0 Å². The summed E-state index contributed by atoms with van der Waals surface area (Å²) in [5.74, 6) is 0.619. The van der Waals surface area contributed by atoms with Gasteiger partial charge in [0.05, 0.1) is 12.2 Å². The van der Waals surface area contributed by atoms with Gasteiger partial charge >= 0.3 is 5.97 Å². The van der Waals surface area contributed by atoms with E-state index in [2.05, 4.69) is 26.0 Å². The van der Waals surface area contributed by atoms with Crippen LogP contribution in [0.2, 0.25) is 0 Å². The van der Waals surface area contributed by atoms with Crippen LogP contribution in [0, 0.1) is 0 Å². The molecule has 0 bridgehead atoms. The zero-order valence-electron chi connectivity index (χ0n) is 23.9. The number of hydrogen-bond acceptors (Lipinski definition) is 3.